The van der Waals surface area contributed by atoms with Gasteiger partial charge in [-0.1, -0.05) is 47.6 Å². The van der Waals surface area contributed by atoms with Crippen LogP contribution in [0.5, 0.6) is 0 Å². The van der Waals surface area contributed by atoms with Gasteiger partial charge in [0.15, 0.2) is 0 Å². The minimum absolute atomic E-state index is 0.607. The van der Waals surface area contributed by atoms with Crippen LogP contribution in [0.3, 0.4) is 0 Å². The first kappa shape index (κ1) is 17.0. The van der Waals surface area contributed by atoms with Gasteiger partial charge >= 0.3 is 0 Å². The molecular weight excluding hydrogens is 240 g/mol. The van der Waals surface area contributed by atoms with E-state index < -0.39 is 0 Å². The lowest BCUT2D eigenvalue weighted by atomic mass is 9.80. The average molecular weight is 272 g/mol. The summed E-state index contributed by atoms with van der Waals surface area (Å²) in [5, 5.41) is 0. The molecule has 0 saturated carbocycles. The smallest absolute Gasteiger partial charge is 0.0166 e. The highest BCUT2D eigenvalue weighted by atomic mass is 14.2. The maximum Gasteiger partial charge on any atom is -0.0166 e. The molecule has 2 unspecified atom stereocenters. The van der Waals surface area contributed by atoms with Crippen molar-refractivity contribution in [1.29, 1.82) is 0 Å². The molecule has 0 saturated heterocycles. The lowest BCUT2D eigenvalue weighted by Crippen LogP contribution is -2.12. The van der Waals surface area contributed by atoms with Gasteiger partial charge in [0, 0.05) is 0 Å². The number of rotatable bonds is 2. The second kappa shape index (κ2) is 8.29. The average Bonchev–Trinajstić information content (AvgIpc) is 2.37. The van der Waals surface area contributed by atoms with E-state index in [0.717, 1.165) is 0 Å². The van der Waals surface area contributed by atoms with Gasteiger partial charge in [-0.25, -0.2) is 0 Å². The summed E-state index contributed by atoms with van der Waals surface area (Å²) in [5.41, 5.74) is 5.79. The Balaban J connectivity index is 2.94. The molecule has 1 aliphatic carbocycles. The fraction of sp³-hybridized carbons (Fsp3) is 0.600. The van der Waals surface area contributed by atoms with Gasteiger partial charge in [-0.3, -0.25) is 0 Å². The number of hydrogen-bond donors (Lipinski definition) is 0. The van der Waals surface area contributed by atoms with Crippen LogP contribution in [-0.4, -0.2) is 0 Å². The van der Waals surface area contributed by atoms with E-state index in [1.807, 2.05) is 0 Å². The van der Waals surface area contributed by atoms with E-state index in [0.29, 0.717) is 11.8 Å². The van der Waals surface area contributed by atoms with E-state index in [2.05, 4.69) is 53.0 Å². The van der Waals surface area contributed by atoms with Gasteiger partial charge < -0.3 is 0 Å². The van der Waals surface area contributed by atoms with Gasteiger partial charge in [0.2, 0.25) is 0 Å². The van der Waals surface area contributed by atoms with Crippen LogP contribution in [0.4, 0.5) is 0 Å². The second-order valence-electron chi connectivity index (χ2n) is 6.67. The summed E-state index contributed by atoms with van der Waals surface area (Å²) in [5.74, 6) is 1.24. The summed E-state index contributed by atoms with van der Waals surface area (Å²) in [7, 11) is 0. The van der Waals surface area contributed by atoms with Gasteiger partial charge in [-0.15, -0.1) is 0 Å². The Morgan fingerprint density at radius 1 is 0.950 bits per heavy atom. The standard InChI is InChI=1S/C20H32/c1-15(2)19-12-10-8-7-9-11-17(5)18(6)13-20(14-19)16(3)4/h7-8,19-20H,1,3,9-14H2,2,4-6H3. The molecule has 0 heterocycles. The third kappa shape index (κ3) is 5.53. The molecule has 0 heteroatoms. The summed E-state index contributed by atoms with van der Waals surface area (Å²) in [6.07, 6.45) is 11.9. The van der Waals surface area contributed by atoms with Crippen molar-refractivity contribution in [2.45, 2.75) is 66.2 Å². The van der Waals surface area contributed by atoms with Gasteiger partial charge in [0.05, 0.1) is 0 Å². The fourth-order valence-electron chi connectivity index (χ4n) is 2.96. The summed E-state index contributed by atoms with van der Waals surface area (Å²) >= 11 is 0. The van der Waals surface area contributed by atoms with Crippen molar-refractivity contribution >= 4 is 0 Å². The first-order valence-electron chi connectivity index (χ1n) is 8.02. The Bertz CT molecular complexity index is 406. The molecule has 0 aromatic carbocycles. The molecule has 0 amide bonds. The summed E-state index contributed by atoms with van der Waals surface area (Å²) in [6.45, 7) is 17.4. The lowest BCUT2D eigenvalue weighted by Gasteiger charge is -2.25. The highest BCUT2D eigenvalue weighted by Crippen LogP contribution is 2.32. The van der Waals surface area contributed by atoms with Crippen LogP contribution in [0.1, 0.15) is 66.2 Å². The molecule has 20 heavy (non-hydrogen) atoms. The van der Waals surface area contributed by atoms with Crippen molar-refractivity contribution in [3.05, 3.63) is 47.6 Å². The third-order valence-corrected chi connectivity index (χ3v) is 4.78. The van der Waals surface area contributed by atoms with Crippen molar-refractivity contribution in [2.75, 3.05) is 0 Å². The molecule has 112 valence electrons. The van der Waals surface area contributed by atoms with Crippen LogP contribution in [0.2, 0.25) is 0 Å². The normalized spacial score (nSPS) is 25.8. The SMILES string of the molecule is C=C(C)C1CCC=CCCC(C)=C(C)CC(C(=C)C)C1. The largest absolute Gasteiger partial charge is 0.0999 e. The fourth-order valence-corrected chi connectivity index (χ4v) is 2.96. The van der Waals surface area contributed by atoms with E-state index >= 15 is 0 Å². The summed E-state index contributed by atoms with van der Waals surface area (Å²) < 4.78 is 0. The predicted molar refractivity (Wildman–Crippen MR) is 91.8 cm³/mol. The maximum atomic E-state index is 4.23. The Kier molecular flexibility index (Phi) is 7.05. The molecule has 0 aliphatic heterocycles. The molecule has 0 aromatic rings. The second-order valence-corrected chi connectivity index (χ2v) is 6.67. The van der Waals surface area contributed by atoms with Crippen molar-refractivity contribution < 1.29 is 0 Å². The van der Waals surface area contributed by atoms with Crippen LogP contribution in [-0.2, 0) is 0 Å². The molecule has 0 fully saturated rings. The van der Waals surface area contributed by atoms with E-state index in [1.165, 1.54) is 49.7 Å². The minimum Gasteiger partial charge on any atom is -0.0999 e. The van der Waals surface area contributed by atoms with Crippen LogP contribution >= 0.6 is 0 Å². The van der Waals surface area contributed by atoms with Crippen LogP contribution < -0.4 is 0 Å². The van der Waals surface area contributed by atoms with E-state index in [-0.39, 0.29) is 0 Å². The van der Waals surface area contributed by atoms with E-state index in [1.54, 1.807) is 11.1 Å². The molecule has 0 radical (unpaired) electrons. The zero-order valence-electron chi connectivity index (χ0n) is 14.0. The van der Waals surface area contributed by atoms with Crippen molar-refractivity contribution in [2.24, 2.45) is 11.8 Å². The van der Waals surface area contributed by atoms with Gasteiger partial charge in [0.25, 0.3) is 0 Å². The van der Waals surface area contributed by atoms with E-state index in [9.17, 15) is 0 Å². The molecular formula is C20H32. The highest BCUT2D eigenvalue weighted by Gasteiger charge is 2.18. The van der Waals surface area contributed by atoms with Crippen LogP contribution in [0.15, 0.2) is 47.6 Å². The number of allylic oxidation sites excluding steroid dienone is 6. The Morgan fingerprint density at radius 3 is 2.15 bits per heavy atom. The van der Waals surface area contributed by atoms with Crippen molar-refractivity contribution in [3.63, 3.8) is 0 Å². The van der Waals surface area contributed by atoms with Crippen LogP contribution in [0, 0.1) is 11.8 Å². The Labute approximate surface area is 126 Å². The molecule has 0 bridgehead atoms. The Morgan fingerprint density at radius 2 is 1.55 bits per heavy atom. The van der Waals surface area contributed by atoms with Crippen molar-refractivity contribution in [3.8, 4) is 0 Å². The van der Waals surface area contributed by atoms with Gasteiger partial charge in [-0.05, 0) is 78.1 Å². The molecule has 0 spiro atoms. The zero-order chi connectivity index (χ0) is 15.1. The maximum absolute atomic E-state index is 4.23. The monoisotopic (exact) mass is 272 g/mol. The predicted octanol–water partition coefficient (Wildman–Crippen LogP) is 6.62. The first-order valence-corrected chi connectivity index (χ1v) is 8.02. The van der Waals surface area contributed by atoms with Gasteiger partial charge in [-0.2, -0.15) is 0 Å². The molecule has 0 N–H and O–H groups in total. The molecule has 0 nitrogen and oxygen atoms in total. The molecule has 1 rings (SSSR count). The third-order valence-electron chi connectivity index (χ3n) is 4.78. The zero-order valence-corrected chi connectivity index (χ0v) is 14.0. The summed E-state index contributed by atoms with van der Waals surface area (Å²) in [4.78, 5) is 0. The first-order chi connectivity index (χ1) is 9.41. The number of hydrogen-bond acceptors (Lipinski definition) is 0. The topological polar surface area (TPSA) is 0 Å². The van der Waals surface area contributed by atoms with E-state index in [4.69, 9.17) is 0 Å². The van der Waals surface area contributed by atoms with Crippen LogP contribution in [0.25, 0.3) is 0 Å². The molecule has 2 atom stereocenters. The highest BCUT2D eigenvalue weighted by molar-refractivity contribution is 5.15. The molecule has 1 aliphatic rings. The molecule has 0 aromatic heterocycles. The Hall–Kier alpha value is -1.04. The van der Waals surface area contributed by atoms with Gasteiger partial charge in [0.1, 0.15) is 0 Å². The summed E-state index contributed by atoms with van der Waals surface area (Å²) in [6, 6.07) is 0. The minimum atomic E-state index is 0.607. The lowest BCUT2D eigenvalue weighted by molar-refractivity contribution is 0.426. The quantitative estimate of drug-likeness (QED) is 0.496. The van der Waals surface area contributed by atoms with Crippen molar-refractivity contribution in [1.82, 2.24) is 0 Å².